The van der Waals surface area contributed by atoms with Crippen LogP contribution in [0.4, 0.5) is 21.9 Å². The summed E-state index contributed by atoms with van der Waals surface area (Å²) in [5.41, 5.74) is 17.3. The van der Waals surface area contributed by atoms with Crippen molar-refractivity contribution < 1.29 is 9.21 Å². The molecule has 4 heterocycles. The largest absolute Gasteiger partial charge is 0.454 e. The highest BCUT2D eigenvalue weighted by atomic mass is 16.3. The summed E-state index contributed by atoms with van der Waals surface area (Å²) in [6.07, 6.45) is 0. The molecule has 7 aromatic rings. The second-order valence-electron chi connectivity index (χ2n) is 24.9. The Morgan fingerprint density at radius 2 is 1.01 bits per heavy atom. The molecule has 0 saturated carbocycles. The van der Waals surface area contributed by atoms with Crippen molar-refractivity contribution in [3.63, 3.8) is 0 Å². The predicted octanol–water partition coefficient (Wildman–Crippen LogP) is 12.0. The highest BCUT2D eigenvalue weighted by Crippen LogP contribution is 2.62. The Morgan fingerprint density at radius 1 is 0.535 bits per heavy atom. The molecule has 2 amide bonds. The van der Waals surface area contributed by atoms with E-state index in [2.05, 4.69) is 188 Å². The molecular formula is C62H65B4N3O2. The van der Waals surface area contributed by atoms with Crippen LogP contribution in [0.2, 0.25) is 0 Å². The van der Waals surface area contributed by atoms with Gasteiger partial charge in [0, 0.05) is 16.5 Å². The minimum absolute atomic E-state index is 0.0563. The van der Waals surface area contributed by atoms with E-state index in [1.807, 2.05) is 40.1 Å². The molecule has 0 bridgehead atoms. The molecule has 0 N–H and O–H groups in total. The number of para-hydroxylation sites is 3. The van der Waals surface area contributed by atoms with Crippen LogP contribution in [0.25, 0.3) is 21.9 Å². The number of amides is 2. The number of carbonyl (C=O) groups excluding carboxylic acids is 1. The molecule has 5 nitrogen and oxygen atoms in total. The van der Waals surface area contributed by atoms with E-state index in [-0.39, 0.29) is 39.8 Å². The molecule has 1 aliphatic carbocycles. The lowest BCUT2D eigenvalue weighted by atomic mass is 9.26. The van der Waals surface area contributed by atoms with Gasteiger partial charge in [0.1, 0.15) is 32.9 Å². The quantitative estimate of drug-likeness (QED) is 0.165. The smallest absolute Gasteiger partial charge is 0.340 e. The second kappa shape index (κ2) is 15.2. The number of nitrogens with zero attached hydrogens (tertiary/aromatic N) is 3. The fourth-order valence-electron chi connectivity index (χ4n) is 13.1. The number of urea groups is 1. The van der Waals surface area contributed by atoms with Gasteiger partial charge in [0.25, 0.3) is 0 Å². The van der Waals surface area contributed by atoms with Crippen molar-refractivity contribution in [3.05, 3.63) is 170 Å². The summed E-state index contributed by atoms with van der Waals surface area (Å²) in [6, 6.07) is 36.6. The van der Waals surface area contributed by atoms with Gasteiger partial charge >= 0.3 is 6.03 Å². The monoisotopic (exact) mass is 928 g/mol. The van der Waals surface area contributed by atoms with Crippen LogP contribution in [0, 0.1) is 33.1 Å². The van der Waals surface area contributed by atoms with Crippen LogP contribution in [0.15, 0.2) is 130 Å². The first-order valence-electron chi connectivity index (χ1n) is 25.5. The maximum absolute atomic E-state index is 16.8. The Labute approximate surface area is 425 Å². The van der Waals surface area contributed by atoms with E-state index >= 15 is 4.79 Å². The maximum atomic E-state index is 16.8. The van der Waals surface area contributed by atoms with E-state index in [9.17, 15) is 0 Å². The maximum Gasteiger partial charge on any atom is 0.340 e. The van der Waals surface area contributed by atoms with Gasteiger partial charge in [0.2, 0.25) is 13.4 Å². The minimum Gasteiger partial charge on any atom is -0.454 e. The zero-order chi connectivity index (χ0) is 51.0. The summed E-state index contributed by atoms with van der Waals surface area (Å²) >= 11 is 0. The fourth-order valence-corrected chi connectivity index (χ4v) is 13.1. The van der Waals surface area contributed by atoms with E-state index in [0.717, 1.165) is 71.8 Å². The summed E-state index contributed by atoms with van der Waals surface area (Å²) in [6.45, 7) is 35.8. The van der Waals surface area contributed by atoms with Crippen molar-refractivity contribution in [1.82, 2.24) is 0 Å². The summed E-state index contributed by atoms with van der Waals surface area (Å²) in [5.74, 6) is 1.17. The van der Waals surface area contributed by atoms with Crippen LogP contribution in [0.5, 0.6) is 0 Å². The molecule has 6 aromatic carbocycles. The lowest BCUT2D eigenvalue weighted by Gasteiger charge is -2.54. The molecule has 9 heteroatoms. The Morgan fingerprint density at radius 3 is 1.55 bits per heavy atom. The molecule has 4 aliphatic rings. The topological polar surface area (TPSA) is 39.9 Å². The van der Waals surface area contributed by atoms with Crippen LogP contribution in [-0.4, -0.2) is 35.1 Å². The third-order valence-electron chi connectivity index (χ3n) is 18.2. The molecule has 11 rings (SSSR count). The highest BCUT2D eigenvalue weighted by molar-refractivity contribution is 7.02. The first-order valence-corrected chi connectivity index (χ1v) is 25.5. The van der Waals surface area contributed by atoms with Gasteiger partial charge in [-0.2, -0.15) is 0 Å². The van der Waals surface area contributed by atoms with Gasteiger partial charge < -0.3 is 4.42 Å². The molecule has 1 saturated heterocycles. The third kappa shape index (κ3) is 6.39. The molecule has 0 spiro atoms. The molecule has 0 unspecified atom stereocenters. The molecule has 1 aromatic heterocycles. The standard InChI is InChI=1S/C62H65B4N3O2/c1-34-29-38(58(5,6)7)30-35(2)49(34)65-45-23-20-24-46-51(45)69-55(53(65)63)67(40-27-28-43-44(33-40)61(13,14)62(15,16)60(43,11)12)57(70)68(47-25-19-22-42-41-21-17-18-26-48(41)71-52(42)47)56(69)54(64)66(46)50-36(3)31-39(32-37(50)4)59(8,9)10/h17-33H,1-16H3. The number of carbonyl (C=O) groups is 1. The Kier molecular flexibility index (Phi) is 10.1. The van der Waals surface area contributed by atoms with Crippen LogP contribution < -0.4 is 36.6 Å². The predicted molar refractivity (Wildman–Crippen MR) is 304 cm³/mol. The van der Waals surface area contributed by atoms with Crippen molar-refractivity contribution >= 4 is 96.0 Å². The number of aryl methyl sites for hydroxylation is 4. The second-order valence-corrected chi connectivity index (χ2v) is 24.9. The molecule has 71 heavy (non-hydrogen) atoms. The lowest BCUT2D eigenvalue weighted by molar-refractivity contribution is 0.125. The fraction of sp³-hybridized carbons (Fsp3) is 0.339. The van der Waals surface area contributed by atoms with Crippen molar-refractivity contribution in [1.29, 1.82) is 0 Å². The summed E-state index contributed by atoms with van der Waals surface area (Å²) in [4.78, 5) is 22.8. The molecule has 0 atom stereocenters. The van der Waals surface area contributed by atoms with Gasteiger partial charge in [0.05, 0.1) is 11.4 Å². The third-order valence-corrected chi connectivity index (χ3v) is 18.2. The van der Waals surface area contributed by atoms with Gasteiger partial charge in [0.15, 0.2) is 5.58 Å². The van der Waals surface area contributed by atoms with E-state index in [4.69, 9.17) is 20.1 Å². The normalized spacial score (nSPS) is 18.1. The van der Waals surface area contributed by atoms with E-state index < -0.39 is 6.71 Å². The van der Waals surface area contributed by atoms with E-state index in [0.29, 0.717) is 33.7 Å². The number of furan rings is 1. The average molecular weight is 927 g/mol. The summed E-state index contributed by atoms with van der Waals surface area (Å²) in [5, 5.41) is 3.05. The molecule has 3 aliphatic heterocycles. The van der Waals surface area contributed by atoms with Crippen molar-refractivity contribution in [2.24, 2.45) is 5.41 Å². The van der Waals surface area contributed by atoms with E-state index in [1.54, 1.807) is 0 Å². The Bertz CT molecular complexity index is 3510. The molecular weight excluding hydrogens is 862 g/mol. The highest BCUT2D eigenvalue weighted by Gasteiger charge is 2.58. The number of fused-ring (bicyclic) bond motifs is 4. The zero-order valence-corrected chi connectivity index (χ0v) is 44.8. The SMILES string of the molecule is [B]C1=C2N(c3ccc4c(c3)C(C)(C)C(C)(C)C4(C)C)C(=O)N(c3cccc4c3oc3ccccc34)C3=C([B])B(c4c(C)cc(C(C)(C)C)cc4C)c4cccc(c4N23)B1c1c(C)cc(C(C)(C)C)cc1C. The number of benzene rings is 6. The molecule has 1 fully saturated rings. The number of anilines is 3. The van der Waals surface area contributed by atoms with Crippen LogP contribution >= 0.6 is 0 Å². The Balaban J connectivity index is 1.28. The van der Waals surface area contributed by atoms with Crippen LogP contribution in [-0.2, 0) is 21.7 Å². The van der Waals surface area contributed by atoms with Crippen LogP contribution in [0.1, 0.15) is 128 Å². The lowest BCUT2D eigenvalue weighted by Crippen LogP contribution is -2.68. The zero-order valence-electron chi connectivity index (χ0n) is 44.8. The van der Waals surface area contributed by atoms with Crippen molar-refractivity contribution in [2.45, 2.75) is 132 Å². The average Bonchev–Trinajstić information content (AvgIpc) is 3.72. The number of rotatable bonds is 4. The van der Waals surface area contributed by atoms with Gasteiger partial charge in [-0.15, -0.1) is 0 Å². The molecule has 352 valence electrons. The van der Waals surface area contributed by atoms with Gasteiger partial charge in [-0.25, -0.2) is 14.6 Å². The number of hydrogen-bond donors (Lipinski definition) is 0. The number of hydrogen-bond acceptors (Lipinski definition) is 3. The van der Waals surface area contributed by atoms with Crippen molar-refractivity contribution in [3.8, 4) is 0 Å². The first-order chi connectivity index (χ1) is 33.2. The van der Waals surface area contributed by atoms with Crippen LogP contribution in [0.3, 0.4) is 0 Å². The van der Waals surface area contributed by atoms with E-state index in [1.165, 1.54) is 22.3 Å². The summed E-state index contributed by atoms with van der Waals surface area (Å²) < 4.78 is 6.83. The summed E-state index contributed by atoms with van der Waals surface area (Å²) in [7, 11) is 16.0. The van der Waals surface area contributed by atoms with Gasteiger partial charge in [-0.1, -0.05) is 206 Å². The first kappa shape index (κ1) is 47.3. The van der Waals surface area contributed by atoms with Crippen molar-refractivity contribution in [2.75, 3.05) is 14.7 Å². The molecule has 4 radical (unpaired) electrons. The van der Waals surface area contributed by atoms with Gasteiger partial charge in [-0.3, -0.25) is 4.90 Å². The van der Waals surface area contributed by atoms with Gasteiger partial charge in [-0.05, 0) is 112 Å². The minimum atomic E-state index is -0.404. The Hall–Kier alpha value is -6.07.